The highest BCUT2D eigenvalue weighted by Crippen LogP contribution is 2.22. The van der Waals surface area contributed by atoms with Crippen LogP contribution in [0.3, 0.4) is 0 Å². The van der Waals surface area contributed by atoms with Crippen molar-refractivity contribution >= 4 is 32.9 Å². The van der Waals surface area contributed by atoms with Gasteiger partial charge in [0.25, 0.3) is 0 Å². The molecule has 0 saturated carbocycles. The van der Waals surface area contributed by atoms with Crippen molar-refractivity contribution < 1.29 is 9.35 Å². The maximum absolute atomic E-state index is 12.5. The Kier molecular flexibility index (Phi) is 4.96. The summed E-state index contributed by atoms with van der Waals surface area (Å²) in [4.78, 5) is 13.9. The molecular formula is C19H13BrO2S. The Morgan fingerprint density at radius 1 is 0.739 bits per heavy atom. The van der Waals surface area contributed by atoms with E-state index in [1.54, 1.807) is 36.4 Å². The molecule has 0 fully saturated rings. The van der Waals surface area contributed by atoms with E-state index < -0.39 is 11.2 Å². The summed E-state index contributed by atoms with van der Waals surface area (Å²) < 4.78 is 13.4. The second-order valence-electron chi connectivity index (χ2n) is 4.94. The van der Waals surface area contributed by atoms with E-state index in [-0.39, 0.29) is 5.78 Å². The second kappa shape index (κ2) is 7.13. The van der Waals surface area contributed by atoms with Gasteiger partial charge in [-0.2, -0.15) is 0 Å². The third-order valence-electron chi connectivity index (χ3n) is 3.39. The molecule has 0 heterocycles. The fourth-order valence-corrected chi connectivity index (χ4v) is 3.50. The first-order chi connectivity index (χ1) is 11.1. The molecule has 0 bridgehead atoms. The highest BCUT2D eigenvalue weighted by Gasteiger charge is 2.15. The molecule has 0 aliphatic rings. The fourth-order valence-electron chi connectivity index (χ4n) is 2.18. The molecule has 1 unspecified atom stereocenters. The number of hydrogen-bond acceptors (Lipinski definition) is 2. The van der Waals surface area contributed by atoms with Crippen LogP contribution in [0.15, 0.2) is 93.1 Å². The van der Waals surface area contributed by atoms with Gasteiger partial charge in [-0.05, 0) is 60.7 Å². The Labute approximate surface area is 146 Å². The second-order valence-corrected chi connectivity index (χ2v) is 7.34. The number of carbonyl (C=O) groups excluding carboxylic acids is 1. The lowest BCUT2D eigenvalue weighted by molar-refractivity contribution is 0.103. The summed E-state index contributed by atoms with van der Waals surface area (Å²) >= 11 is 2.12. The van der Waals surface area contributed by atoms with Crippen molar-refractivity contribution in [3.05, 3.63) is 94.5 Å². The Morgan fingerprint density at radius 3 is 1.78 bits per heavy atom. The van der Waals surface area contributed by atoms with E-state index in [9.17, 15) is 9.35 Å². The zero-order chi connectivity index (χ0) is 16.2. The van der Waals surface area contributed by atoms with Crippen molar-refractivity contribution in [1.29, 1.82) is 0 Å². The van der Waals surface area contributed by atoms with Gasteiger partial charge in [-0.1, -0.05) is 34.1 Å². The Hall–Kier alpha value is -1.88. The molecule has 3 aromatic rings. The highest BCUT2D eigenvalue weighted by molar-refractivity contribution is 9.10. The number of benzene rings is 3. The largest absolute Gasteiger partial charge is 0.606 e. The summed E-state index contributed by atoms with van der Waals surface area (Å²) in [5.41, 5.74) is 1.21. The van der Waals surface area contributed by atoms with Gasteiger partial charge in [-0.15, -0.1) is 0 Å². The van der Waals surface area contributed by atoms with E-state index in [0.717, 1.165) is 9.37 Å². The average molecular weight is 385 g/mol. The lowest BCUT2D eigenvalue weighted by Gasteiger charge is -2.10. The van der Waals surface area contributed by atoms with Crippen molar-refractivity contribution in [3.8, 4) is 0 Å². The van der Waals surface area contributed by atoms with E-state index in [1.165, 1.54) is 0 Å². The highest BCUT2D eigenvalue weighted by atomic mass is 79.9. The lowest BCUT2D eigenvalue weighted by Crippen LogP contribution is -2.04. The first kappa shape index (κ1) is 16.0. The van der Waals surface area contributed by atoms with Crippen molar-refractivity contribution in [2.45, 2.75) is 9.79 Å². The molecule has 1 atom stereocenters. The van der Waals surface area contributed by atoms with Crippen molar-refractivity contribution in [3.63, 3.8) is 0 Å². The standard InChI is InChI=1S/C19H13BrO2S/c20-16-10-6-14(7-11-16)19(21)15-8-12-18(13-9-15)23(22)17-4-2-1-3-5-17/h1-13H. The Morgan fingerprint density at radius 2 is 1.22 bits per heavy atom. The number of rotatable bonds is 4. The van der Waals surface area contributed by atoms with Gasteiger partial charge in [0.05, 0.1) is 0 Å². The molecule has 3 rings (SSSR count). The van der Waals surface area contributed by atoms with Gasteiger partial charge in [-0.25, -0.2) is 0 Å². The summed E-state index contributed by atoms with van der Waals surface area (Å²) in [5, 5.41) is 0. The first-order valence-corrected chi connectivity index (χ1v) is 8.96. The topological polar surface area (TPSA) is 40.1 Å². The van der Waals surface area contributed by atoms with Crippen LogP contribution in [0.5, 0.6) is 0 Å². The monoisotopic (exact) mass is 384 g/mol. The minimum absolute atomic E-state index is 0.0467. The molecule has 3 aromatic carbocycles. The molecule has 0 saturated heterocycles. The van der Waals surface area contributed by atoms with Crippen LogP contribution in [-0.4, -0.2) is 10.3 Å². The van der Waals surface area contributed by atoms with Gasteiger partial charge < -0.3 is 4.55 Å². The predicted molar refractivity (Wildman–Crippen MR) is 95.1 cm³/mol. The number of hydrogen-bond donors (Lipinski definition) is 0. The van der Waals surface area contributed by atoms with Gasteiger partial charge in [0.1, 0.15) is 0 Å². The Bertz CT molecular complexity index is 799. The maximum atomic E-state index is 12.5. The molecule has 0 amide bonds. The van der Waals surface area contributed by atoms with Crippen LogP contribution < -0.4 is 0 Å². The zero-order valence-corrected chi connectivity index (χ0v) is 14.5. The smallest absolute Gasteiger partial charge is 0.193 e. The van der Waals surface area contributed by atoms with Gasteiger partial charge in [-0.3, -0.25) is 4.79 Å². The summed E-state index contributed by atoms with van der Waals surface area (Å²) in [6.07, 6.45) is 0. The van der Waals surface area contributed by atoms with Crippen LogP contribution in [0.2, 0.25) is 0 Å². The van der Waals surface area contributed by atoms with E-state index in [4.69, 9.17) is 0 Å². The zero-order valence-electron chi connectivity index (χ0n) is 12.1. The molecule has 0 N–H and O–H groups in total. The molecule has 0 radical (unpaired) electrons. The van der Waals surface area contributed by atoms with Gasteiger partial charge in [0.2, 0.25) is 0 Å². The van der Waals surface area contributed by atoms with Crippen LogP contribution in [0.25, 0.3) is 0 Å². The van der Waals surface area contributed by atoms with Crippen molar-refractivity contribution in [1.82, 2.24) is 0 Å². The number of halogens is 1. The van der Waals surface area contributed by atoms with Gasteiger partial charge in [0, 0.05) is 26.8 Å². The number of ketones is 1. The molecule has 2 nitrogen and oxygen atoms in total. The average Bonchev–Trinajstić information content (AvgIpc) is 2.62. The van der Waals surface area contributed by atoms with Crippen LogP contribution >= 0.6 is 15.9 Å². The first-order valence-electron chi connectivity index (χ1n) is 7.02. The van der Waals surface area contributed by atoms with E-state index >= 15 is 0 Å². The van der Waals surface area contributed by atoms with E-state index in [0.29, 0.717) is 16.0 Å². The van der Waals surface area contributed by atoms with Gasteiger partial charge in [0.15, 0.2) is 15.6 Å². The molecule has 4 heteroatoms. The summed E-state index contributed by atoms with van der Waals surface area (Å²) in [7, 11) is 0. The summed E-state index contributed by atoms with van der Waals surface area (Å²) in [6, 6.07) is 23.4. The lowest BCUT2D eigenvalue weighted by atomic mass is 10.0. The van der Waals surface area contributed by atoms with E-state index in [2.05, 4.69) is 15.9 Å². The minimum atomic E-state index is -1.23. The van der Waals surface area contributed by atoms with Crippen LogP contribution in [0.1, 0.15) is 15.9 Å². The van der Waals surface area contributed by atoms with Crippen molar-refractivity contribution in [2.75, 3.05) is 0 Å². The molecule has 0 aliphatic heterocycles. The third kappa shape index (κ3) is 3.72. The normalized spacial score (nSPS) is 11.9. The van der Waals surface area contributed by atoms with Gasteiger partial charge >= 0.3 is 0 Å². The maximum Gasteiger partial charge on any atom is 0.193 e. The molecule has 114 valence electrons. The third-order valence-corrected chi connectivity index (χ3v) is 5.32. The van der Waals surface area contributed by atoms with Crippen LogP contribution in [0.4, 0.5) is 0 Å². The van der Waals surface area contributed by atoms with Crippen LogP contribution in [-0.2, 0) is 11.2 Å². The van der Waals surface area contributed by atoms with E-state index in [1.807, 2.05) is 42.5 Å². The van der Waals surface area contributed by atoms with Crippen LogP contribution in [0, 0.1) is 0 Å². The summed E-state index contributed by atoms with van der Waals surface area (Å²) in [6.45, 7) is 0. The minimum Gasteiger partial charge on any atom is -0.606 e. The molecule has 0 aliphatic carbocycles. The predicted octanol–water partition coefficient (Wildman–Crippen LogP) is 4.85. The Balaban J connectivity index is 1.82. The quantitative estimate of drug-likeness (QED) is 0.476. The molecule has 0 spiro atoms. The molecule has 23 heavy (non-hydrogen) atoms. The fraction of sp³-hybridized carbons (Fsp3) is 0. The van der Waals surface area contributed by atoms with Crippen molar-refractivity contribution in [2.24, 2.45) is 0 Å². The molecule has 0 aromatic heterocycles. The molecular weight excluding hydrogens is 372 g/mol. The number of carbonyl (C=O) groups is 1. The summed E-state index contributed by atoms with van der Waals surface area (Å²) in [5.74, 6) is -0.0467. The SMILES string of the molecule is O=C(c1ccc(Br)cc1)c1ccc([S+]([O-])c2ccccc2)cc1.